The molecule has 0 saturated carbocycles. The molecule has 2 fully saturated rings. The maximum absolute atomic E-state index is 12.8. The Bertz CT molecular complexity index is 563. The van der Waals surface area contributed by atoms with Crippen molar-refractivity contribution in [3.63, 3.8) is 0 Å². The summed E-state index contributed by atoms with van der Waals surface area (Å²) in [5.74, 6) is 0.916. The Morgan fingerprint density at radius 1 is 1.27 bits per heavy atom. The lowest BCUT2D eigenvalue weighted by atomic mass is 9.95. The number of carbonyl (C=O) groups excluding carboxylic acids is 2. The van der Waals surface area contributed by atoms with Gasteiger partial charge in [-0.15, -0.1) is 0 Å². The van der Waals surface area contributed by atoms with Gasteiger partial charge >= 0.3 is 6.03 Å². The molecule has 2 N–H and O–H groups in total. The van der Waals surface area contributed by atoms with Crippen molar-refractivity contribution in [3.8, 4) is 0 Å². The van der Waals surface area contributed by atoms with E-state index in [1.807, 2.05) is 17.9 Å². The number of nitrogens with two attached hydrogens (primary N) is 1. The molecule has 0 unspecified atom stereocenters. The van der Waals surface area contributed by atoms with Crippen LogP contribution in [0.4, 0.5) is 4.79 Å². The van der Waals surface area contributed by atoms with Gasteiger partial charge in [-0.1, -0.05) is 5.16 Å². The summed E-state index contributed by atoms with van der Waals surface area (Å²) in [6.07, 6.45) is 3.26. The SMILES string of the molecule is Cc1cc([C@H]2CCCN2C(=O)C2CCN(C(N)=O)CC2)on1. The van der Waals surface area contributed by atoms with Crippen LogP contribution in [0.25, 0.3) is 0 Å². The van der Waals surface area contributed by atoms with Gasteiger partial charge in [0.25, 0.3) is 0 Å². The number of piperidine rings is 1. The molecule has 0 radical (unpaired) electrons. The van der Waals surface area contributed by atoms with Gasteiger partial charge in [0.15, 0.2) is 5.76 Å². The third kappa shape index (κ3) is 2.80. The molecule has 120 valence electrons. The van der Waals surface area contributed by atoms with Crippen molar-refractivity contribution < 1.29 is 14.1 Å². The van der Waals surface area contributed by atoms with Crippen molar-refractivity contribution in [2.45, 2.75) is 38.6 Å². The fourth-order valence-electron chi connectivity index (χ4n) is 3.45. The number of hydrogen-bond donors (Lipinski definition) is 1. The summed E-state index contributed by atoms with van der Waals surface area (Å²) >= 11 is 0. The summed E-state index contributed by atoms with van der Waals surface area (Å²) in [4.78, 5) is 27.5. The first-order valence-electron chi connectivity index (χ1n) is 7.84. The van der Waals surface area contributed by atoms with Crippen molar-refractivity contribution in [3.05, 3.63) is 17.5 Å². The molecule has 3 rings (SSSR count). The zero-order valence-electron chi connectivity index (χ0n) is 12.8. The van der Waals surface area contributed by atoms with Gasteiger partial charge in [0.05, 0.1) is 11.7 Å². The fourth-order valence-corrected chi connectivity index (χ4v) is 3.45. The third-order valence-electron chi connectivity index (χ3n) is 4.67. The molecule has 22 heavy (non-hydrogen) atoms. The van der Waals surface area contributed by atoms with Gasteiger partial charge in [-0.3, -0.25) is 4.79 Å². The van der Waals surface area contributed by atoms with Crippen LogP contribution in [0.15, 0.2) is 10.6 Å². The second-order valence-corrected chi connectivity index (χ2v) is 6.16. The van der Waals surface area contributed by atoms with Crippen LogP contribution in [0, 0.1) is 12.8 Å². The number of hydrogen-bond acceptors (Lipinski definition) is 4. The fraction of sp³-hybridized carbons (Fsp3) is 0.667. The van der Waals surface area contributed by atoms with Crippen LogP contribution in [0.1, 0.15) is 43.2 Å². The first-order chi connectivity index (χ1) is 10.6. The number of rotatable bonds is 2. The molecular formula is C15H22N4O3. The van der Waals surface area contributed by atoms with Gasteiger partial charge in [0.2, 0.25) is 5.91 Å². The van der Waals surface area contributed by atoms with Gasteiger partial charge in [0.1, 0.15) is 0 Å². The molecule has 0 spiro atoms. The summed E-state index contributed by atoms with van der Waals surface area (Å²) < 4.78 is 5.35. The molecule has 2 saturated heterocycles. The van der Waals surface area contributed by atoms with Crippen molar-refractivity contribution in [2.24, 2.45) is 11.7 Å². The average Bonchev–Trinajstić information content (AvgIpc) is 3.15. The normalized spacial score (nSPS) is 23.0. The van der Waals surface area contributed by atoms with Gasteiger partial charge in [-0.2, -0.15) is 0 Å². The largest absolute Gasteiger partial charge is 0.359 e. The van der Waals surface area contributed by atoms with E-state index in [2.05, 4.69) is 5.16 Å². The lowest BCUT2D eigenvalue weighted by molar-refractivity contribution is -0.138. The van der Waals surface area contributed by atoms with Crippen LogP contribution in [-0.4, -0.2) is 46.5 Å². The number of nitrogens with zero attached hydrogens (tertiary/aromatic N) is 3. The van der Waals surface area contributed by atoms with Crippen LogP contribution in [-0.2, 0) is 4.79 Å². The molecule has 2 aliphatic rings. The average molecular weight is 306 g/mol. The molecule has 0 aromatic carbocycles. The van der Waals surface area contributed by atoms with Crippen LogP contribution < -0.4 is 5.73 Å². The number of amides is 3. The number of aryl methyl sites for hydroxylation is 1. The Morgan fingerprint density at radius 2 is 2.00 bits per heavy atom. The molecule has 0 bridgehead atoms. The lowest BCUT2D eigenvalue weighted by Gasteiger charge is -2.33. The smallest absolute Gasteiger partial charge is 0.314 e. The van der Waals surface area contributed by atoms with E-state index in [9.17, 15) is 9.59 Å². The second-order valence-electron chi connectivity index (χ2n) is 6.16. The van der Waals surface area contributed by atoms with Crippen molar-refractivity contribution in [1.82, 2.24) is 15.0 Å². The van der Waals surface area contributed by atoms with E-state index in [4.69, 9.17) is 10.3 Å². The zero-order valence-corrected chi connectivity index (χ0v) is 12.8. The summed E-state index contributed by atoms with van der Waals surface area (Å²) in [5, 5.41) is 3.93. The highest BCUT2D eigenvalue weighted by atomic mass is 16.5. The van der Waals surface area contributed by atoms with E-state index in [1.54, 1.807) is 4.90 Å². The Balaban J connectivity index is 1.65. The minimum Gasteiger partial charge on any atom is -0.359 e. The molecule has 3 amide bonds. The van der Waals surface area contributed by atoms with Gasteiger partial charge < -0.3 is 20.1 Å². The number of likely N-dealkylation sites (tertiary alicyclic amines) is 2. The summed E-state index contributed by atoms with van der Waals surface area (Å²) in [6, 6.07) is 1.51. The van der Waals surface area contributed by atoms with E-state index in [1.165, 1.54) is 0 Å². The molecule has 7 heteroatoms. The van der Waals surface area contributed by atoms with Gasteiger partial charge in [-0.05, 0) is 32.6 Å². The molecule has 1 aromatic heterocycles. The quantitative estimate of drug-likeness (QED) is 0.894. The Hall–Kier alpha value is -2.05. The summed E-state index contributed by atoms with van der Waals surface area (Å²) in [7, 11) is 0. The first kappa shape index (κ1) is 14.9. The topological polar surface area (TPSA) is 92.7 Å². The Labute approximate surface area is 129 Å². The Kier molecular flexibility index (Phi) is 4.04. The zero-order chi connectivity index (χ0) is 15.7. The number of aromatic nitrogens is 1. The predicted octanol–water partition coefficient (Wildman–Crippen LogP) is 1.44. The van der Waals surface area contributed by atoms with Crippen LogP contribution >= 0.6 is 0 Å². The summed E-state index contributed by atoms with van der Waals surface area (Å²) in [5.41, 5.74) is 6.12. The van der Waals surface area contributed by atoms with E-state index in [0.717, 1.165) is 30.8 Å². The highest BCUT2D eigenvalue weighted by Crippen LogP contribution is 2.34. The molecular weight excluding hydrogens is 284 g/mol. The molecule has 7 nitrogen and oxygen atoms in total. The highest BCUT2D eigenvalue weighted by molar-refractivity contribution is 5.80. The molecule has 3 heterocycles. The number of urea groups is 1. The number of carbonyl (C=O) groups is 2. The minimum atomic E-state index is -0.401. The van der Waals surface area contributed by atoms with Crippen LogP contribution in [0.3, 0.4) is 0 Å². The standard InChI is InChI=1S/C15H22N4O3/c1-10-9-13(22-17-10)12-3-2-6-19(12)14(20)11-4-7-18(8-5-11)15(16)21/h9,11-12H,2-8H2,1H3,(H2,16,21)/t12-/m1/s1. The Morgan fingerprint density at radius 3 is 2.59 bits per heavy atom. The molecule has 2 aliphatic heterocycles. The predicted molar refractivity (Wildman–Crippen MR) is 78.8 cm³/mol. The van der Waals surface area contributed by atoms with Crippen molar-refractivity contribution in [2.75, 3.05) is 19.6 Å². The van der Waals surface area contributed by atoms with Crippen LogP contribution in [0.5, 0.6) is 0 Å². The lowest BCUT2D eigenvalue weighted by Crippen LogP contribution is -2.45. The number of primary amides is 1. The summed E-state index contributed by atoms with van der Waals surface area (Å²) in [6.45, 7) is 3.77. The molecule has 1 atom stereocenters. The molecule has 1 aromatic rings. The van der Waals surface area contributed by atoms with E-state index in [0.29, 0.717) is 25.9 Å². The molecule has 0 aliphatic carbocycles. The van der Waals surface area contributed by atoms with Crippen molar-refractivity contribution >= 4 is 11.9 Å². The third-order valence-corrected chi connectivity index (χ3v) is 4.67. The second kappa shape index (κ2) is 5.98. The van der Waals surface area contributed by atoms with E-state index >= 15 is 0 Å². The van der Waals surface area contributed by atoms with E-state index < -0.39 is 6.03 Å². The maximum Gasteiger partial charge on any atom is 0.314 e. The first-order valence-corrected chi connectivity index (χ1v) is 7.84. The van der Waals surface area contributed by atoms with Gasteiger partial charge in [-0.25, -0.2) is 4.79 Å². The monoisotopic (exact) mass is 306 g/mol. The van der Waals surface area contributed by atoms with Gasteiger partial charge in [0, 0.05) is 31.6 Å². The van der Waals surface area contributed by atoms with E-state index in [-0.39, 0.29) is 17.9 Å². The minimum absolute atomic E-state index is 0.00266. The highest BCUT2D eigenvalue weighted by Gasteiger charge is 2.37. The van der Waals surface area contributed by atoms with Crippen molar-refractivity contribution in [1.29, 1.82) is 0 Å². The van der Waals surface area contributed by atoms with Crippen LogP contribution in [0.2, 0.25) is 0 Å². The maximum atomic E-state index is 12.8.